The average molecular weight is 267 g/mol. The fourth-order valence-electron chi connectivity index (χ4n) is 2.46. The van der Waals surface area contributed by atoms with Crippen molar-refractivity contribution >= 4 is 34.1 Å². The SMILES string of the molecule is Cc1cc(N2CCC(N)C2)c2onc(N)c2c1Cl. The third-order valence-electron chi connectivity index (χ3n) is 3.44. The average Bonchev–Trinajstić information content (AvgIpc) is 2.91. The van der Waals surface area contributed by atoms with E-state index in [4.69, 9.17) is 27.6 Å². The first-order valence-electron chi connectivity index (χ1n) is 5.92. The zero-order valence-corrected chi connectivity index (χ0v) is 10.9. The van der Waals surface area contributed by atoms with Crippen LogP contribution < -0.4 is 16.4 Å². The molecule has 18 heavy (non-hydrogen) atoms. The molecule has 1 atom stereocenters. The molecule has 0 bridgehead atoms. The molecule has 5 nitrogen and oxygen atoms in total. The maximum Gasteiger partial charge on any atom is 0.193 e. The van der Waals surface area contributed by atoms with Gasteiger partial charge in [0.15, 0.2) is 11.4 Å². The monoisotopic (exact) mass is 266 g/mol. The Hall–Kier alpha value is -1.46. The number of hydrogen-bond acceptors (Lipinski definition) is 5. The predicted molar refractivity (Wildman–Crippen MR) is 73.0 cm³/mol. The lowest BCUT2D eigenvalue weighted by atomic mass is 10.1. The molecule has 3 rings (SSSR count). The van der Waals surface area contributed by atoms with Crippen molar-refractivity contribution in [3.8, 4) is 0 Å². The van der Waals surface area contributed by atoms with Gasteiger partial charge in [0.2, 0.25) is 0 Å². The Balaban J connectivity index is 2.20. The van der Waals surface area contributed by atoms with E-state index in [1.807, 2.05) is 13.0 Å². The Morgan fingerprint density at radius 1 is 1.56 bits per heavy atom. The van der Waals surface area contributed by atoms with Gasteiger partial charge in [0.05, 0.1) is 16.1 Å². The predicted octanol–water partition coefficient (Wildman–Crippen LogP) is 1.91. The quantitative estimate of drug-likeness (QED) is 0.824. The van der Waals surface area contributed by atoms with Crippen molar-refractivity contribution < 1.29 is 4.52 Å². The van der Waals surface area contributed by atoms with Crippen molar-refractivity contribution in [2.24, 2.45) is 5.73 Å². The highest BCUT2D eigenvalue weighted by atomic mass is 35.5. The van der Waals surface area contributed by atoms with Crippen molar-refractivity contribution in [2.45, 2.75) is 19.4 Å². The van der Waals surface area contributed by atoms with E-state index in [0.29, 0.717) is 21.8 Å². The molecular weight excluding hydrogens is 252 g/mol. The van der Waals surface area contributed by atoms with E-state index in [1.54, 1.807) is 0 Å². The lowest BCUT2D eigenvalue weighted by Crippen LogP contribution is -2.26. The summed E-state index contributed by atoms with van der Waals surface area (Å²) >= 11 is 6.26. The lowest BCUT2D eigenvalue weighted by molar-refractivity contribution is 0.460. The number of benzene rings is 1. The highest BCUT2D eigenvalue weighted by Gasteiger charge is 2.25. The summed E-state index contributed by atoms with van der Waals surface area (Å²) in [5.41, 5.74) is 14.3. The van der Waals surface area contributed by atoms with Gasteiger partial charge in [-0.3, -0.25) is 0 Å². The fourth-order valence-corrected chi connectivity index (χ4v) is 2.70. The summed E-state index contributed by atoms with van der Waals surface area (Å²) < 4.78 is 5.32. The van der Waals surface area contributed by atoms with Crippen LogP contribution in [0.3, 0.4) is 0 Å². The molecule has 1 saturated heterocycles. The Labute approximate surface area is 110 Å². The topological polar surface area (TPSA) is 81.3 Å². The van der Waals surface area contributed by atoms with Gasteiger partial charge in [0, 0.05) is 19.1 Å². The minimum Gasteiger partial charge on any atom is -0.380 e. The van der Waals surface area contributed by atoms with Crippen molar-refractivity contribution in [3.63, 3.8) is 0 Å². The summed E-state index contributed by atoms with van der Waals surface area (Å²) in [6.45, 7) is 3.68. The van der Waals surface area contributed by atoms with E-state index in [1.165, 1.54) is 0 Å². The van der Waals surface area contributed by atoms with E-state index in [9.17, 15) is 0 Å². The molecule has 0 amide bonds. The number of anilines is 2. The molecular formula is C12H15ClN4O. The first-order valence-corrected chi connectivity index (χ1v) is 6.30. The molecule has 1 aliphatic heterocycles. The summed E-state index contributed by atoms with van der Waals surface area (Å²) in [4.78, 5) is 2.20. The second kappa shape index (κ2) is 4.03. The Kier molecular flexibility index (Phi) is 2.60. The fraction of sp³-hybridized carbons (Fsp3) is 0.417. The highest BCUT2D eigenvalue weighted by molar-refractivity contribution is 6.37. The molecule has 1 aromatic heterocycles. The molecule has 96 valence electrons. The number of nitrogen functional groups attached to an aromatic ring is 1. The van der Waals surface area contributed by atoms with Crippen LogP contribution in [0.15, 0.2) is 10.6 Å². The van der Waals surface area contributed by atoms with Crippen LogP contribution in [0.4, 0.5) is 11.5 Å². The number of rotatable bonds is 1. The van der Waals surface area contributed by atoms with Gasteiger partial charge >= 0.3 is 0 Å². The molecule has 0 saturated carbocycles. The van der Waals surface area contributed by atoms with Gasteiger partial charge < -0.3 is 20.9 Å². The number of aromatic nitrogens is 1. The van der Waals surface area contributed by atoms with Crippen LogP contribution in [0, 0.1) is 6.92 Å². The van der Waals surface area contributed by atoms with Crippen molar-refractivity contribution in [1.29, 1.82) is 0 Å². The van der Waals surface area contributed by atoms with Gasteiger partial charge in [-0.1, -0.05) is 16.8 Å². The van der Waals surface area contributed by atoms with Gasteiger partial charge in [-0.2, -0.15) is 0 Å². The van der Waals surface area contributed by atoms with Gasteiger partial charge in [-0.15, -0.1) is 0 Å². The summed E-state index contributed by atoms with van der Waals surface area (Å²) in [6.07, 6.45) is 0.979. The van der Waals surface area contributed by atoms with E-state index < -0.39 is 0 Å². The summed E-state index contributed by atoms with van der Waals surface area (Å²) in [5.74, 6) is 0.337. The summed E-state index contributed by atoms with van der Waals surface area (Å²) in [5, 5.41) is 5.12. The van der Waals surface area contributed by atoms with E-state index >= 15 is 0 Å². The Bertz CT molecular complexity index is 610. The summed E-state index contributed by atoms with van der Waals surface area (Å²) in [7, 11) is 0. The van der Waals surface area contributed by atoms with Gasteiger partial charge in [0.25, 0.3) is 0 Å². The molecule has 1 unspecified atom stereocenters. The van der Waals surface area contributed by atoms with Crippen molar-refractivity contribution in [2.75, 3.05) is 23.7 Å². The van der Waals surface area contributed by atoms with Crippen molar-refractivity contribution in [1.82, 2.24) is 5.16 Å². The second-order valence-electron chi connectivity index (χ2n) is 4.79. The van der Waals surface area contributed by atoms with Gasteiger partial charge in [-0.25, -0.2) is 0 Å². The standard InChI is InChI=1S/C12H15ClN4O/c1-6-4-8(17-3-2-7(14)5-17)11-9(10(6)13)12(15)16-18-11/h4,7H,2-3,5,14H2,1H3,(H2,15,16). The molecule has 1 aromatic carbocycles. The molecule has 0 radical (unpaired) electrons. The minimum atomic E-state index is 0.205. The maximum atomic E-state index is 6.26. The first kappa shape index (κ1) is 11.6. The first-order chi connectivity index (χ1) is 8.58. The largest absolute Gasteiger partial charge is 0.380 e. The Morgan fingerprint density at radius 2 is 2.33 bits per heavy atom. The van der Waals surface area contributed by atoms with Crippen LogP contribution in [0.25, 0.3) is 11.0 Å². The number of fused-ring (bicyclic) bond motifs is 1. The second-order valence-corrected chi connectivity index (χ2v) is 5.17. The van der Waals surface area contributed by atoms with Crippen LogP contribution in [0.1, 0.15) is 12.0 Å². The number of nitrogens with zero attached hydrogens (tertiary/aromatic N) is 2. The van der Waals surface area contributed by atoms with E-state index in [0.717, 1.165) is 30.8 Å². The third kappa shape index (κ3) is 1.62. The molecule has 6 heteroatoms. The third-order valence-corrected chi connectivity index (χ3v) is 3.92. The number of aryl methyl sites for hydroxylation is 1. The van der Waals surface area contributed by atoms with Crippen LogP contribution >= 0.6 is 11.6 Å². The summed E-state index contributed by atoms with van der Waals surface area (Å²) in [6, 6.07) is 2.21. The van der Waals surface area contributed by atoms with Crippen LogP contribution in [0.5, 0.6) is 0 Å². The molecule has 0 aliphatic carbocycles. The number of nitrogens with two attached hydrogens (primary N) is 2. The highest BCUT2D eigenvalue weighted by Crippen LogP contribution is 2.38. The maximum absolute atomic E-state index is 6.26. The normalized spacial score (nSPS) is 19.9. The van der Waals surface area contributed by atoms with Crippen LogP contribution in [-0.4, -0.2) is 24.3 Å². The molecule has 2 aromatic rings. The van der Waals surface area contributed by atoms with Gasteiger partial charge in [-0.05, 0) is 25.0 Å². The lowest BCUT2D eigenvalue weighted by Gasteiger charge is -2.19. The minimum absolute atomic E-state index is 0.205. The van der Waals surface area contributed by atoms with Crippen LogP contribution in [0.2, 0.25) is 5.02 Å². The molecule has 1 aliphatic rings. The Morgan fingerprint density at radius 3 is 3.00 bits per heavy atom. The van der Waals surface area contributed by atoms with E-state index in [2.05, 4.69) is 10.1 Å². The van der Waals surface area contributed by atoms with Crippen LogP contribution in [-0.2, 0) is 0 Å². The van der Waals surface area contributed by atoms with E-state index in [-0.39, 0.29) is 6.04 Å². The van der Waals surface area contributed by atoms with Crippen molar-refractivity contribution in [3.05, 3.63) is 16.7 Å². The molecule has 4 N–H and O–H groups in total. The van der Waals surface area contributed by atoms with Gasteiger partial charge in [0.1, 0.15) is 0 Å². The molecule has 1 fully saturated rings. The number of hydrogen-bond donors (Lipinski definition) is 2. The molecule has 0 spiro atoms. The zero-order chi connectivity index (χ0) is 12.9. The zero-order valence-electron chi connectivity index (χ0n) is 10.1. The smallest absolute Gasteiger partial charge is 0.193 e. The molecule has 2 heterocycles. The number of halogens is 1.